The van der Waals surface area contributed by atoms with Crippen LogP contribution in [0.15, 0.2) is 59.9 Å². The fourth-order valence-corrected chi connectivity index (χ4v) is 2.23. The number of methoxy groups -OCH3 is 1. The van der Waals surface area contributed by atoms with E-state index in [9.17, 15) is 9.59 Å². The van der Waals surface area contributed by atoms with Crippen molar-refractivity contribution in [2.75, 3.05) is 7.11 Å². The number of ketones is 2. The first-order valence-corrected chi connectivity index (χ1v) is 7.98. The van der Waals surface area contributed by atoms with Crippen molar-refractivity contribution in [1.29, 1.82) is 0 Å². The summed E-state index contributed by atoms with van der Waals surface area (Å²) >= 11 is 5.63. The number of hydrogen-bond donors (Lipinski definition) is 2. The minimum atomic E-state index is -0.833. The Balaban J connectivity index is 0.000000195. The summed E-state index contributed by atoms with van der Waals surface area (Å²) in [5, 5.41) is 12.7. The first-order chi connectivity index (χ1) is 12.5. The molecule has 0 spiro atoms. The molecule has 7 heteroatoms. The van der Waals surface area contributed by atoms with Crippen LogP contribution in [0.5, 0.6) is 5.75 Å². The normalized spacial score (nSPS) is 10.8. The second-order valence-electron chi connectivity index (χ2n) is 5.28. The van der Waals surface area contributed by atoms with Gasteiger partial charge in [0.25, 0.3) is 5.78 Å². The van der Waals surface area contributed by atoms with Crippen LogP contribution < -0.4 is 4.74 Å². The first-order valence-electron chi connectivity index (χ1n) is 7.60. The maximum Gasteiger partial charge on any atom is 0.250 e. The average Bonchev–Trinajstić information content (AvgIpc) is 3.15. The van der Waals surface area contributed by atoms with Gasteiger partial charge < -0.3 is 14.9 Å². The maximum atomic E-state index is 11.5. The van der Waals surface area contributed by atoms with Crippen LogP contribution in [-0.4, -0.2) is 34.6 Å². The molecule has 0 radical (unpaired) electrons. The van der Waals surface area contributed by atoms with E-state index in [0.29, 0.717) is 5.02 Å². The molecule has 1 aromatic heterocycles. The van der Waals surface area contributed by atoms with Crippen molar-refractivity contribution >= 4 is 39.8 Å². The van der Waals surface area contributed by atoms with E-state index in [1.54, 1.807) is 7.11 Å². The lowest BCUT2D eigenvalue weighted by Gasteiger charge is -1.98. The molecule has 1 heterocycles. The number of Topliss-reactive ketones (excluding diaryl/α,β-unsaturated/α-hetero) is 2. The zero-order valence-corrected chi connectivity index (χ0v) is 14.9. The Morgan fingerprint density at radius 2 is 1.81 bits per heavy atom. The molecule has 26 heavy (non-hydrogen) atoms. The van der Waals surface area contributed by atoms with E-state index in [4.69, 9.17) is 21.5 Å². The SMILES string of the molecule is CC(=NO)C(=O)C(=O)c1ccc(Cl)cc1.COc1ccc2[nH]ccc2c1. The summed E-state index contributed by atoms with van der Waals surface area (Å²) in [6.45, 7) is 1.26. The van der Waals surface area contributed by atoms with Gasteiger partial charge in [-0.15, -0.1) is 0 Å². The van der Waals surface area contributed by atoms with Gasteiger partial charge in [0.15, 0.2) is 0 Å². The van der Waals surface area contributed by atoms with E-state index < -0.39 is 11.6 Å². The van der Waals surface area contributed by atoms with Crippen molar-refractivity contribution < 1.29 is 19.5 Å². The number of carbonyl (C=O) groups excluding carboxylic acids is 2. The van der Waals surface area contributed by atoms with Crippen LogP contribution in [-0.2, 0) is 4.79 Å². The van der Waals surface area contributed by atoms with Gasteiger partial charge in [-0.05, 0) is 55.5 Å². The number of fused-ring (bicyclic) bond motifs is 1. The second kappa shape index (κ2) is 8.82. The number of aromatic amines is 1. The summed E-state index contributed by atoms with van der Waals surface area (Å²) in [6.07, 6.45) is 1.92. The van der Waals surface area contributed by atoms with Crippen LogP contribution in [0, 0.1) is 0 Å². The van der Waals surface area contributed by atoms with Crippen LogP contribution in [0.1, 0.15) is 17.3 Å². The third-order valence-electron chi connectivity index (χ3n) is 3.55. The van der Waals surface area contributed by atoms with Crippen LogP contribution in [0.3, 0.4) is 0 Å². The molecule has 0 amide bonds. The highest BCUT2D eigenvalue weighted by molar-refractivity contribution is 6.67. The van der Waals surface area contributed by atoms with Crippen LogP contribution in [0.2, 0.25) is 5.02 Å². The number of benzene rings is 2. The molecule has 0 atom stereocenters. The molecule has 0 saturated carbocycles. The summed E-state index contributed by atoms with van der Waals surface area (Å²) in [6, 6.07) is 13.9. The molecule has 6 nitrogen and oxygen atoms in total. The van der Waals surface area contributed by atoms with Gasteiger partial charge in [-0.2, -0.15) is 0 Å². The lowest BCUT2D eigenvalue weighted by molar-refractivity contribution is -0.109. The number of carbonyl (C=O) groups is 2. The molecule has 0 unspecified atom stereocenters. The highest BCUT2D eigenvalue weighted by Crippen LogP contribution is 2.18. The molecule has 0 aliphatic carbocycles. The number of rotatable bonds is 4. The molecular weight excluding hydrogens is 356 g/mol. The molecule has 0 fully saturated rings. The number of halogens is 1. The number of hydrogen-bond acceptors (Lipinski definition) is 5. The number of H-pyrrole nitrogens is 1. The van der Waals surface area contributed by atoms with E-state index in [1.807, 2.05) is 30.5 Å². The lowest BCUT2D eigenvalue weighted by atomic mass is 10.1. The van der Waals surface area contributed by atoms with E-state index in [1.165, 1.54) is 36.6 Å². The van der Waals surface area contributed by atoms with Gasteiger partial charge in [0.05, 0.1) is 7.11 Å². The van der Waals surface area contributed by atoms with Crippen molar-refractivity contribution in [3.8, 4) is 5.75 Å². The van der Waals surface area contributed by atoms with Gasteiger partial charge in [-0.3, -0.25) is 9.59 Å². The summed E-state index contributed by atoms with van der Waals surface area (Å²) in [5.41, 5.74) is 1.12. The lowest BCUT2D eigenvalue weighted by Crippen LogP contribution is -2.21. The second-order valence-corrected chi connectivity index (χ2v) is 5.72. The topological polar surface area (TPSA) is 91.8 Å². The smallest absolute Gasteiger partial charge is 0.250 e. The van der Waals surface area contributed by atoms with Crippen molar-refractivity contribution in [1.82, 2.24) is 4.98 Å². The Labute approximate surface area is 155 Å². The summed E-state index contributed by atoms with van der Waals surface area (Å²) in [4.78, 5) is 25.9. The summed E-state index contributed by atoms with van der Waals surface area (Å²) in [5.74, 6) is -0.654. The third kappa shape index (κ3) is 4.70. The van der Waals surface area contributed by atoms with Crippen molar-refractivity contribution in [2.24, 2.45) is 5.16 Å². The van der Waals surface area contributed by atoms with Crippen LogP contribution in [0.4, 0.5) is 0 Å². The standard InChI is InChI=1S/C10H8ClNO3.C9H9NO/c1-6(12-15)9(13)10(14)7-2-4-8(11)5-3-7;1-11-8-2-3-9-7(6-8)4-5-10-9/h2-5,15H,1H3;2-6,10H,1H3. The molecule has 2 aromatic carbocycles. The minimum Gasteiger partial charge on any atom is -0.497 e. The van der Waals surface area contributed by atoms with Gasteiger partial charge in [-0.25, -0.2) is 0 Å². The van der Waals surface area contributed by atoms with Gasteiger partial charge in [0.1, 0.15) is 11.5 Å². The number of nitrogens with zero attached hydrogens (tertiary/aromatic N) is 1. The maximum absolute atomic E-state index is 11.5. The molecular formula is C19H17ClN2O4. The van der Waals surface area contributed by atoms with Gasteiger partial charge in [0, 0.05) is 27.7 Å². The number of oxime groups is 1. The van der Waals surface area contributed by atoms with Crippen LogP contribution in [0.25, 0.3) is 10.9 Å². The van der Waals surface area contributed by atoms with Gasteiger partial charge in [0.2, 0.25) is 5.78 Å². The van der Waals surface area contributed by atoms with E-state index in [-0.39, 0.29) is 11.3 Å². The Morgan fingerprint density at radius 3 is 2.42 bits per heavy atom. The first kappa shape index (κ1) is 19.2. The Bertz CT molecular complexity index is 946. The molecule has 0 aliphatic rings. The molecule has 3 rings (SSSR count). The predicted molar refractivity (Wildman–Crippen MR) is 101 cm³/mol. The predicted octanol–water partition coefficient (Wildman–Crippen LogP) is 4.12. The molecule has 2 N–H and O–H groups in total. The van der Waals surface area contributed by atoms with Gasteiger partial charge >= 0.3 is 0 Å². The highest BCUT2D eigenvalue weighted by Gasteiger charge is 2.19. The fourth-order valence-electron chi connectivity index (χ4n) is 2.10. The van der Waals surface area contributed by atoms with Gasteiger partial charge in [-0.1, -0.05) is 16.8 Å². The fraction of sp³-hybridized carbons (Fsp3) is 0.105. The number of aromatic nitrogens is 1. The van der Waals surface area contributed by atoms with E-state index in [2.05, 4.69) is 10.1 Å². The quantitative estimate of drug-likeness (QED) is 0.237. The average molecular weight is 373 g/mol. The zero-order valence-electron chi connectivity index (χ0n) is 14.2. The van der Waals surface area contributed by atoms with E-state index in [0.717, 1.165) is 11.3 Å². The van der Waals surface area contributed by atoms with E-state index >= 15 is 0 Å². The van der Waals surface area contributed by atoms with Crippen molar-refractivity contribution in [3.63, 3.8) is 0 Å². The molecule has 3 aromatic rings. The number of nitrogens with one attached hydrogen (secondary N) is 1. The minimum absolute atomic E-state index is 0.215. The largest absolute Gasteiger partial charge is 0.497 e. The van der Waals surface area contributed by atoms with Crippen molar-refractivity contribution in [3.05, 3.63) is 65.3 Å². The molecule has 0 saturated heterocycles. The Morgan fingerprint density at radius 1 is 1.12 bits per heavy atom. The molecule has 0 bridgehead atoms. The van der Waals surface area contributed by atoms with Crippen molar-refractivity contribution in [2.45, 2.75) is 6.92 Å². The molecule has 0 aliphatic heterocycles. The Hall–Kier alpha value is -3.12. The van der Waals surface area contributed by atoms with Crippen LogP contribution >= 0.6 is 11.6 Å². The monoisotopic (exact) mass is 372 g/mol. The third-order valence-corrected chi connectivity index (χ3v) is 3.80. The summed E-state index contributed by atoms with van der Waals surface area (Å²) in [7, 11) is 1.67. The number of ether oxygens (including phenoxy) is 1. The Kier molecular flexibility index (Phi) is 6.52. The highest BCUT2D eigenvalue weighted by atomic mass is 35.5. The zero-order chi connectivity index (χ0) is 19.1. The summed E-state index contributed by atoms with van der Waals surface area (Å²) < 4.78 is 5.08. The molecule has 134 valence electrons.